The molecule has 0 aromatic carbocycles. The second-order valence-electron chi connectivity index (χ2n) is 4.04. The summed E-state index contributed by atoms with van der Waals surface area (Å²) >= 11 is 0. The summed E-state index contributed by atoms with van der Waals surface area (Å²) in [5.74, 6) is 0. The number of hydrogen-bond acceptors (Lipinski definition) is 2. The van der Waals surface area contributed by atoms with Crippen LogP contribution in [0.2, 0.25) is 0 Å². The molecule has 0 atom stereocenters. The van der Waals surface area contributed by atoms with Gasteiger partial charge in [-0.05, 0) is 40.5 Å². The van der Waals surface area contributed by atoms with E-state index in [4.69, 9.17) is 0 Å². The van der Waals surface area contributed by atoms with E-state index in [-0.39, 0.29) is 5.54 Å². The van der Waals surface area contributed by atoms with Gasteiger partial charge in [-0.15, -0.1) is 6.58 Å². The normalized spacial score (nSPS) is 12.8. The van der Waals surface area contributed by atoms with E-state index < -0.39 is 0 Å². The van der Waals surface area contributed by atoms with Crippen LogP contribution in [0.15, 0.2) is 17.8 Å². The molecule has 70 valence electrons. The third-order valence-corrected chi connectivity index (χ3v) is 1.29. The van der Waals surface area contributed by atoms with Crippen molar-refractivity contribution < 1.29 is 0 Å². The highest BCUT2D eigenvalue weighted by molar-refractivity contribution is 5.81. The number of allylic oxidation sites excluding steroid dienone is 1. The molecule has 0 aliphatic carbocycles. The van der Waals surface area contributed by atoms with E-state index in [9.17, 15) is 0 Å². The summed E-state index contributed by atoms with van der Waals surface area (Å²) in [7, 11) is 0. The third-order valence-electron chi connectivity index (χ3n) is 1.29. The van der Waals surface area contributed by atoms with Crippen LogP contribution in [0.1, 0.15) is 40.5 Å². The smallest absolute Gasteiger partial charge is 0.0464 e. The zero-order valence-corrected chi connectivity index (χ0v) is 8.65. The lowest BCUT2D eigenvalue weighted by molar-refractivity contribution is 0.440. The van der Waals surface area contributed by atoms with E-state index in [1.165, 1.54) is 0 Å². The van der Waals surface area contributed by atoms with Crippen LogP contribution in [0.4, 0.5) is 0 Å². The van der Waals surface area contributed by atoms with E-state index in [2.05, 4.69) is 37.9 Å². The van der Waals surface area contributed by atoms with Crippen molar-refractivity contribution in [3.8, 4) is 0 Å². The molecule has 0 aliphatic heterocycles. The monoisotopic (exact) mass is 168 g/mol. The Kier molecular flexibility index (Phi) is 4.64. The molecule has 0 heterocycles. The summed E-state index contributed by atoms with van der Waals surface area (Å²) < 4.78 is 0. The summed E-state index contributed by atoms with van der Waals surface area (Å²) in [5, 5.41) is 4.25. The fourth-order valence-corrected chi connectivity index (χ4v) is 0.630. The Morgan fingerprint density at radius 2 is 2.08 bits per heavy atom. The van der Waals surface area contributed by atoms with Crippen molar-refractivity contribution in [1.29, 1.82) is 0 Å². The predicted molar refractivity (Wildman–Crippen MR) is 55.4 cm³/mol. The highest BCUT2D eigenvalue weighted by atomic mass is 15.3. The average molecular weight is 168 g/mol. The first-order valence-corrected chi connectivity index (χ1v) is 4.37. The lowest BCUT2D eigenvalue weighted by atomic mass is 10.1. The topological polar surface area (TPSA) is 24.4 Å². The minimum atomic E-state index is 0.0649. The van der Waals surface area contributed by atoms with Gasteiger partial charge in [0.1, 0.15) is 0 Å². The van der Waals surface area contributed by atoms with Gasteiger partial charge < -0.3 is 5.43 Å². The van der Waals surface area contributed by atoms with Crippen molar-refractivity contribution in [2.45, 2.75) is 46.1 Å². The van der Waals surface area contributed by atoms with Crippen LogP contribution in [0.3, 0.4) is 0 Å². The van der Waals surface area contributed by atoms with E-state index in [0.717, 1.165) is 18.6 Å². The molecule has 1 N–H and O–H groups in total. The van der Waals surface area contributed by atoms with E-state index in [0.29, 0.717) is 0 Å². The van der Waals surface area contributed by atoms with Gasteiger partial charge in [-0.25, -0.2) is 0 Å². The van der Waals surface area contributed by atoms with Crippen LogP contribution in [-0.4, -0.2) is 11.3 Å². The number of hydrogen-bond donors (Lipinski definition) is 1. The highest BCUT2D eigenvalue weighted by Gasteiger charge is 2.06. The van der Waals surface area contributed by atoms with Gasteiger partial charge in [0.2, 0.25) is 0 Å². The summed E-state index contributed by atoms with van der Waals surface area (Å²) in [6.45, 7) is 12.0. The first-order chi connectivity index (χ1) is 5.45. The maximum Gasteiger partial charge on any atom is 0.0464 e. The van der Waals surface area contributed by atoms with Gasteiger partial charge in [-0.2, -0.15) is 5.10 Å². The van der Waals surface area contributed by atoms with Crippen LogP contribution >= 0.6 is 0 Å². The largest absolute Gasteiger partial charge is 0.305 e. The van der Waals surface area contributed by atoms with Crippen molar-refractivity contribution in [2.75, 3.05) is 0 Å². The fourth-order valence-electron chi connectivity index (χ4n) is 0.630. The summed E-state index contributed by atoms with van der Waals surface area (Å²) in [6, 6.07) is 0. The second-order valence-corrected chi connectivity index (χ2v) is 4.04. The Labute approximate surface area is 75.7 Å². The maximum atomic E-state index is 4.25. The average Bonchev–Trinajstić information content (AvgIpc) is 1.95. The molecule has 0 rings (SSSR count). The van der Waals surface area contributed by atoms with Crippen molar-refractivity contribution in [3.63, 3.8) is 0 Å². The summed E-state index contributed by atoms with van der Waals surface area (Å²) in [6.07, 6.45) is 3.91. The van der Waals surface area contributed by atoms with Gasteiger partial charge in [0.25, 0.3) is 0 Å². The lowest BCUT2D eigenvalue weighted by Crippen LogP contribution is -2.32. The number of rotatable bonds is 4. The van der Waals surface area contributed by atoms with Gasteiger partial charge >= 0.3 is 0 Å². The van der Waals surface area contributed by atoms with Gasteiger partial charge in [-0.3, -0.25) is 0 Å². The molecule has 0 saturated carbocycles. The third kappa shape index (κ3) is 7.32. The molecule has 0 unspecified atom stereocenters. The van der Waals surface area contributed by atoms with Crippen molar-refractivity contribution in [2.24, 2.45) is 5.10 Å². The summed E-state index contributed by atoms with van der Waals surface area (Å²) in [4.78, 5) is 0. The highest BCUT2D eigenvalue weighted by Crippen LogP contribution is 1.99. The Morgan fingerprint density at radius 1 is 1.50 bits per heavy atom. The second kappa shape index (κ2) is 4.96. The quantitative estimate of drug-likeness (QED) is 0.389. The number of nitrogens with zero attached hydrogens (tertiary/aromatic N) is 1. The molecule has 0 radical (unpaired) electrons. The van der Waals surface area contributed by atoms with Crippen LogP contribution in [0, 0.1) is 0 Å². The molecule has 0 aromatic rings. The Bertz CT molecular complexity index is 163. The maximum absolute atomic E-state index is 4.25. The molecule has 12 heavy (non-hydrogen) atoms. The first-order valence-electron chi connectivity index (χ1n) is 4.37. The molecule has 0 saturated heterocycles. The van der Waals surface area contributed by atoms with Gasteiger partial charge in [0, 0.05) is 11.3 Å². The first kappa shape index (κ1) is 11.2. The van der Waals surface area contributed by atoms with Crippen molar-refractivity contribution >= 4 is 5.71 Å². The molecular weight excluding hydrogens is 148 g/mol. The van der Waals surface area contributed by atoms with Crippen LogP contribution in [-0.2, 0) is 0 Å². The minimum absolute atomic E-state index is 0.0649. The van der Waals surface area contributed by atoms with Gasteiger partial charge in [0.15, 0.2) is 0 Å². The standard InChI is InChI=1S/C10H20N2/c1-6-7-8-9(2)11-12-10(3,4)5/h6,12H,1,7-8H2,2-5H3. The Morgan fingerprint density at radius 3 is 2.50 bits per heavy atom. The minimum Gasteiger partial charge on any atom is -0.305 e. The molecule has 0 amide bonds. The fraction of sp³-hybridized carbons (Fsp3) is 0.700. The molecule has 2 heteroatoms. The van der Waals surface area contributed by atoms with Crippen LogP contribution in [0.5, 0.6) is 0 Å². The molecule has 0 aromatic heterocycles. The van der Waals surface area contributed by atoms with Crippen molar-refractivity contribution in [3.05, 3.63) is 12.7 Å². The molecule has 0 fully saturated rings. The molecule has 0 spiro atoms. The van der Waals surface area contributed by atoms with Crippen LogP contribution in [0.25, 0.3) is 0 Å². The zero-order valence-electron chi connectivity index (χ0n) is 8.65. The Balaban J connectivity index is 3.76. The lowest BCUT2D eigenvalue weighted by Gasteiger charge is -2.18. The molecule has 0 aliphatic rings. The number of hydrazone groups is 1. The SMILES string of the molecule is C=CCCC(C)=NNC(C)(C)C. The molecule has 0 bridgehead atoms. The van der Waals surface area contributed by atoms with E-state index in [1.807, 2.05) is 13.0 Å². The van der Waals surface area contributed by atoms with Gasteiger partial charge in [-0.1, -0.05) is 6.08 Å². The zero-order chi connectivity index (χ0) is 9.61. The summed E-state index contributed by atoms with van der Waals surface area (Å²) in [5.41, 5.74) is 4.28. The molecule has 2 nitrogen and oxygen atoms in total. The molecular formula is C10H20N2. The van der Waals surface area contributed by atoms with Crippen molar-refractivity contribution in [1.82, 2.24) is 5.43 Å². The number of nitrogens with one attached hydrogen (secondary N) is 1. The van der Waals surface area contributed by atoms with E-state index in [1.54, 1.807) is 0 Å². The van der Waals surface area contributed by atoms with Gasteiger partial charge in [0.05, 0.1) is 0 Å². The predicted octanol–water partition coefficient (Wildman–Crippen LogP) is 2.72. The van der Waals surface area contributed by atoms with Crippen LogP contribution < -0.4 is 5.43 Å². The van der Waals surface area contributed by atoms with E-state index >= 15 is 0 Å². The Hall–Kier alpha value is -0.790.